The lowest BCUT2D eigenvalue weighted by Crippen LogP contribution is -2.64. The van der Waals surface area contributed by atoms with Crippen LogP contribution >= 0.6 is 0 Å². The average Bonchev–Trinajstić information content (AvgIpc) is 3.52. The predicted octanol–water partition coefficient (Wildman–Crippen LogP) is 2.58. The second-order valence-electron chi connectivity index (χ2n) is 18.5. The van der Waals surface area contributed by atoms with E-state index in [4.69, 9.17) is 23.7 Å². The van der Waals surface area contributed by atoms with Crippen LogP contribution in [0.5, 0.6) is 0 Å². The lowest BCUT2D eigenvalue weighted by molar-refractivity contribution is -0.329. The molecule has 48 heavy (non-hydrogen) atoms. The van der Waals surface area contributed by atoms with Crippen molar-refractivity contribution in [2.24, 2.45) is 44.8 Å². The van der Waals surface area contributed by atoms with Crippen molar-refractivity contribution in [2.75, 3.05) is 6.61 Å². The maximum Gasteiger partial charge on any atom is 0.302 e. The fourth-order valence-electron chi connectivity index (χ4n) is 13.5. The minimum atomic E-state index is -1.82. The highest BCUT2D eigenvalue weighted by atomic mass is 16.7. The van der Waals surface area contributed by atoms with E-state index < -0.39 is 59.0 Å². The molecule has 8 aliphatic rings. The molecule has 3 heterocycles. The lowest BCUT2D eigenvalue weighted by Gasteiger charge is -2.62. The van der Waals surface area contributed by atoms with Crippen molar-refractivity contribution in [2.45, 2.75) is 160 Å². The van der Waals surface area contributed by atoms with E-state index in [1.807, 2.05) is 0 Å². The zero-order chi connectivity index (χ0) is 34.8. The fraction of sp³-hybridized carbons (Fsp3) is 0.919. The SMILES string of the molecule is CC(=O)O[C@@H]1CC23CC24CC[C@H](O[C@@H]2OC[C@H](O)[C@H](O)[C@H]2O)C(C)(C)C4CC=C3[C@]2(C)CC3O[C@@]4(O)C(OC(C)(C)[C@H]4O)[C@@H](C)C3[C@@]12C. The van der Waals surface area contributed by atoms with Gasteiger partial charge in [0.15, 0.2) is 6.29 Å². The second-order valence-corrected chi connectivity index (χ2v) is 18.5. The normalized spacial score (nSPS) is 58.7. The number of carbonyl (C=O) groups excluding carboxylic acids is 1. The van der Waals surface area contributed by atoms with E-state index in [0.717, 1.165) is 32.1 Å². The van der Waals surface area contributed by atoms with E-state index in [1.54, 1.807) is 13.8 Å². The van der Waals surface area contributed by atoms with Gasteiger partial charge in [0.05, 0.1) is 24.4 Å². The van der Waals surface area contributed by atoms with Crippen LogP contribution in [0.2, 0.25) is 0 Å². The van der Waals surface area contributed by atoms with Crippen LogP contribution in [0.4, 0.5) is 0 Å². The fourth-order valence-corrected chi connectivity index (χ4v) is 13.5. The van der Waals surface area contributed by atoms with Crippen LogP contribution in [0, 0.1) is 44.8 Å². The van der Waals surface area contributed by atoms with Gasteiger partial charge in [-0.3, -0.25) is 4.79 Å². The molecule has 0 aromatic carbocycles. The topological polar surface area (TPSA) is 164 Å². The Morgan fingerprint density at radius 3 is 2.38 bits per heavy atom. The Hall–Kier alpha value is -1.15. The van der Waals surface area contributed by atoms with Gasteiger partial charge in [0.1, 0.15) is 36.6 Å². The Kier molecular flexibility index (Phi) is 7.10. The molecule has 4 saturated carbocycles. The largest absolute Gasteiger partial charge is 0.462 e. The summed E-state index contributed by atoms with van der Waals surface area (Å²) in [5.74, 6) is -2.11. The molecule has 8 rings (SSSR count). The van der Waals surface area contributed by atoms with Gasteiger partial charge in [-0.2, -0.15) is 0 Å². The first kappa shape index (κ1) is 34.0. The average molecular weight is 677 g/mol. The van der Waals surface area contributed by atoms with Crippen LogP contribution in [0.15, 0.2) is 11.6 Å². The van der Waals surface area contributed by atoms with Crippen molar-refractivity contribution >= 4 is 5.97 Å². The summed E-state index contributed by atoms with van der Waals surface area (Å²) in [6.07, 6.45) is -0.377. The first-order chi connectivity index (χ1) is 22.2. The Bertz CT molecular complexity index is 1410. The van der Waals surface area contributed by atoms with Crippen molar-refractivity contribution in [1.82, 2.24) is 0 Å². The van der Waals surface area contributed by atoms with E-state index in [1.165, 1.54) is 12.5 Å². The standard InChI is InChI=1S/C37H56O11/c1-17-25-20(47-37(43)28(17)48-32(5,6)30(37)42)13-33(7)22-10-9-21-31(3,4)23(46-29-27(41)26(40)19(39)15-44-29)11-12-35(21)16-36(22,35)14-24(34(25,33)8)45-18(2)38/h10,17,19-21,23-30,39-43H,9,11-16H2,1-8H3/t17-,19-,20?,21?,23-,24+,25?,26-,27+,28?,29-,30+,33-,34+,35?,36?,37-/m0/s1. The van der Waals surface area contributed by atoms with Crippen LogP contribution in [0.3, 0.4) is 0 Å². The number of aliphatic hydroxyl groups is 5. The summed E-state index contributed by atoms with van der Waals surface area (Å²) >= 11 is 0. The van der Waals surface area contributed by atoms with Gasteiger partial charge in [-0.25, -0.2) is 0 Å². The molecule has 0 radical (unpaired) electrons. The number of aliphatic hydroxyl groups excluding tert-OH is 4. The second kappa shape index (κ2) is 10.0. The number of esters is 1. The summed E-state index contributed by atoms with van der Waals surface area (Å²) in [7, 11) is 0. The molecule has 0 aromatic heterocycles. The minimum absolute atomic E-state index is 0.0107. The molecule has 0 aromatic rings. The summed E-state index contributed by atoms with van der Waals surface area (Å²) in [5.41, 5.74) is -0.907. The van der Waals surface area contributed by atoms with E-state index in [9.17, 15) is 30.3 Å². The van der Waals surface area contributed by atoms with Gasteiger partial charge in [0, 0.05) is 29.1 Å². The number of allylic oxidation sites excluding steroid dienone is 2. The third-order valence-electron chi connectivity index (χ3n) is 15.8. The molecular weight excluding hydrogens is 620 g/mol. The molecule has 11 heteroatoms. The summed E-state index contributed by atoms with van der Waals surface area (Å²) in [4.78, 5) is 12.9. The highest BCUT2D eigenvalue weighted by Gasteiger charge is 2.85. The van der Waals surface area contributed by atoms with Gasteiger partial charge >= 0.3 is 5.97 Å². The molecule has 0 amide bonds. The number of hydrogen-bond acceptors (Lipinski definition) is 11. The zero-order valence-electron chi connectivity index (χ0n) is 29.6. The van der Waals surface area contributed by atoms with E-state index in [-0.39, 0.29) is 64.9 Å². The molecular formula is C37H56O11. The van der Waals surface area contributed by atoms with Crippen LogP contribution < -0.4 is 0 Å². The lowest BCUT2D eigenvalue weighted by atomic mass is 9.44. The molecule has 5 aliphatic carbocycles. The van der Waals surface area contributed by atoms with Gasteiger partial charge in [-0.15, -0.1) is 0 Å². The summed E-state index contributed by atoms with van der Waals surface area (Å²) in [5, 5.41) is 54.0. The van der Waals surface area contributed by atoms with Crippen LogP contribution in [-0.2, 0) is 28.5 Å². The van der Waals surface area contributed by atoms with Crippen molar-refractivity contribution in [3.63, 3.8) is 0 Å². The molecule has 5 N–H and O–H groups in total. The number of ether oxygens (including phenoxy) is 5. The molecule has 11 nitrogen and oxygen atoms in total. The van der Waals surface area contributed by atoms with Crippen LogP contribution in [-0.4, -0.2) is 105 Å². The quantitative estimate of drug-likeness (QED) is 0.221. The summed E-state index contributed by atoms with van der Waals surface area (Å²) in [6, 6.07) is 0. The molecule has 3 saturated heterocycles. The van der Waals surface area contributed by atoms with Crippen molar-refractivity contribution in [1.29, 1.82) is 0 Å². The first-order valence-electron chi connectivity index (χ1n) is 18.2. The van der Waals surface area contributed by atoms with Crippen LogP contribution in [0.25, 0.3) is 0 Å². The highest BCUT2D eigenvalue weighted by molar-refractivity contribution is 5.66. The van der Waals surface area contributed by atoms with Crippen molar-refractivity contribution in [3.8, 4) is 0 Å². The molecule has 0 bridgehead atoms. The third kappa shape index (κ3) is 3.89. The van der Waals surface area contributed by atoms with Crippen molar-refractivity contribution < 1.29 is 54.0 Å². The molecule has 17 atom stereocenters. The number of hydrogen-bond donors (Lipinski definition) is 5. The predicted molar refractivity (Wildman–Crippen MR) is 170 cm³/mol. The third-order valence-corrected chi connectivity index (χ3v) is 15.8. The maximum atomic E-state index is 12.9. The Morgan fingerprint density at radius 2 is 1.69 bits per heavy atom. The Balaban J connectivity index is 1.15. The van der Waals surface area contributed by atoms with Gasteiger partial charge < -0.3 is 49.2 Å². The minimum Gasteiger partial charge on any atom is -0.462 e. The van der Waals surface area contributed by atoms with Gasteiger partial charge in [0.2, 0.25) is 5.79 Å². The molecule has 6 unspecified atom stereocenters. The molecule has 7 fully saturated rings. The van der Waals surface area contributed by atoms with E-state index in [2.05, 4.69) is 40.7 Å². The number of carbonyl (C=O) groups is 1. The van der Waals surface area contributed by atoms with Gasteiger partial charge in [-0.1, -0.05) is 46.3 Å². The summed E-state index contributed by atoms with van der Waals surface area (Å²) < 4.78 is 31.5. The highest BCUT2D eigenvalue weighted by Crippen LogP contribution is 2.88. The Labute approximate surface area is 283 Å². The van der Waals surface area contributed by atoms with Crippen LogP contribution in [0.1, 0.15) is 93.9 Å². The van der Waals surface area contributed by atoms with E-state index in [0.29, 0.717) is 6.42 Å². The smallest absolute Gasteiger partial charge is 0.302 e. The van der Waals surface area contributed by atoms with Crippen molar-refractivity contribution in [3.05, 3.63) is 11.6 Å². The molecule has 270 valence electrons. The Morgan fingerprint density at radius 1 is 0.979 bits per heavy atom. The van der Waals surface area contributed by atoms with Gasteiger partial charge in [0.25, 0.3) is 0 Å². The number of rotatable bonds is 3. The van der Waals surface area contributed by atoms with Gasteiger partial charge in [-0.05, 0) is 75.0 Å². The molecule has 3 aliphatic heterocycles. The van der Waals surface area contributed by atoms with E-state index >= 15 is 0 Å². The first-order valence-corrected chi connectivity index (χ1v) is 18.2. The zero-order valence-corrected chi connectivity index (χ0v) is 29.6. The maximum absolute atomic E-state index is 12.9. The monoisotopic (exact) mass is 676 g/mol. The summed E-state index contributed by atoms with van der Waals surface area (Å²) in [6.45, 7) is 16.1. The molecule has 2 spiro atoms. The number of fused-ring (bicyclic) bond motifs is 5.